The molecule has 0 atom stereocenters. The largest absolute Gasteiger partial charge is 0.448 e. The van der Waals surface area contributed by atoms with Crippen molar-refractivity contribution >= 4 is 44.4 Å². The lowest BCUT2D eigenvalue weighted by Crippen LogP contribution is -2.17. The summed E-state index contributed by atoms with van der Waals surface area (Å²) in [6, 6.07) is 5.38. The van der Waals surface area contributed by atoms with Gasteiger partial charge in [-0.2, -0.15) is 10.4 Å². The molecule has 3 N–H and O–H groups in total. The molecule has 6 nitrogen and oxygen atoms in total. The van der Waals surface area contributed by atoms with E-state index in [1.54, 1.807) is 19.1 Å². The van der Waals surface area contributed by atoms with E-state index in [0.717, 1.165) is 11.3 Å². The van der Waals surface area contributed by atoms with E-state index in [4.69, 9.17) is 15.4 Å². The minimum absolute atomic E-state index is 0.328. The van der Waals surface area contributed by atoms with Crippen LogP contribution in [0, 0.1) is 18.3 Å². The molecule has 8 heteroatoms. The predicted molar refractivity (Wildman–Crippen MR) is 79.7 cm³/mol. The van der Waals surface area contributed by atoms with Crippen LogP contribution in [0.3, 0.4) is 0 Å². The molecule has 0 fully saturated rings. The van der Waals surface area contributed by atoms with Crippen molar-refractivity contribution in [2.24, 2.45) is 5.10 Å². The number of amides is 1. The van der Waals surface area contributed by atoms with Gasteiger partial charge in [0.2, 0.25) is 0 Å². The van der Waals surface area contributed by atoms with Gasteiger partial charge in [-0.25, -0.2) is 5.43 Å². The number of anilines is 1. The number of rotatable bonds is 3. The van der Waals surface area contributed by atoms with Crippen LogP contribution in [-0.4, -0.2) is 12.1 Å². The first kappa shape index (κ1) is 14.3. The number of halogens is 1. The highest BCUT2D eigenvalue weighted by atomic mass is 79.9. The number of nitrogen functional groups attached to an aromatic ring is 1. The van der Waals surface area contributed by atoms with Crippen LogP contribution in [0.15, 0.2) is 26.3 Å². The van der Waals surface area contributed by atoms with Gasteiger partial charge in [-0.15, -0.1) is 11.3 Å². The van der Waals surface area contributed by atoms with Crippen LogP contribution in [0.5, 0.6) is 0 Å². The molecule has 20 heavy (non-hydrogen) atoms. The Morgan fingerprint density at radius 3 is 2.95 bits per heavy atom. The number of nitrogens with zero attached hydrogens (tertiary/aromatic N) is 2. The number of furan rings is 1. The summed E-state index contributed by atoms with van der Waals surface area (Å²) in [5, 5.41) is 13.0. The second-order valence-corrected chi connectivity index (χ2v) is 5.58. The number of carbonyl (C=O) groups excluding carboxylic acids is 1. The van der Waals surface area contributed by atoms with Crippen molar-refractivity contribution in [1.29, 1.82) is 5.26 Å². The molecule has 0 aromatic carbocycles. The maximum absolute atomic E-state index is 11.9. The summed E-state index contributed by atoms with van der Waals surface area (Å²) in [7, 11) is 0. The number of nitriles is 1. The molecular weight excluding hydrogens is 344 g/mol. The summed E-state index contributed by atoms with van der Waals surface area (Å²) >= 11 is 4.22. The summed E-state index contributed by atoms with van der Waals surface area (Å²) in [5.41, 5.74) is 8.92. The Hall–Kier alpha value is -2.11. The van der Waals surface area contributed by atoms with Crippen molar-refractivity contribution in [3.63, 3.8) is 0 Å². The van der Waals surface area contributed by atoms with E-state index in [1.165, 1.54) is 6.21 Å². The Morgan fingerprint density at radius 2 is 2.40 bits per heavy atom. The zero-order valence-corrected chi connectivity index (χ0v) is 12.7. The smallest absolute Gasteiger partial charge is 0.281 e. The Morgan fingerprint density at radius 1 is 1.65 bits per heavy atom. The monoisotopic (exact) mass is 352 g/mol. The number of hydrogen-bond donors (Lipinski definition) is 2. The van der Waals surface area contributed by atoms with Crippen molar-refractivity contribution in [1.82, 2.24) is 5.43 Å². The highest BCUT2D eigenvalue weighted by Gasteiger charge is 2.18. The van der Waals surface area contributed by atoms with Gasteiger partial charge >= 0.3 is 0 Å². The quantitative estimate of drug-likeness (QED) is 0.654. The molecule has 0 radical (unpaired) electrons. The molecule has 0 aliphatic heterocycles. The molecule has 2 rings (SSSR count). The minimum Gasteiger partial charge on any atom is -0.448 e. The number of nitrogens with two attached hydrogens (primary N) is 1. The number of nitrogens with one attached hydrogen (secondary N) is 1. The van der Waals surface area contributed by atoms with Crippen molar-refractivity contribution in [3.05, 3.63) is 38.6 Å². The summed E-state index contributed by atoms with van der Waals surface area (Å²) in [4.78, 5) is 12.3. The molecule has 0 bridgehead atoms. The number of carbonyl (C=O) groups is 1. The molecule has 0 saturated carbocycles. The van der Waals surface area contributed by atoms with E-state index in [2.05, 4.69) is 26.5 Å². The first-order valence-electron chi connectivity index (χ1n) is 5.40. The van der Waals surface area contributed by atoms with Crippen molar-refractivity contribution in [3.8, 4) is 6.07 Å². The molecule has 1 amide bonds. The molecule has 2 heterocycles. The molecule has 0 aliphatic carbocycles. The summed E-state index contributed by atoms with van der Waals surface area (Å²) < 4.78 is 5.77. The number of thiophene rings is 1. The fourth-order valence-electron chi connectivity index (χ4n) is 1.49. The molecule has 102 valence electrons. The Bertz CT molecular complexity index is 726. The Kier molecular flexibility index (Phi) is 4.22. The average Bonchev–Trinajstić information content (AvgIpc) is 2.93. The normalized spacial score (nSPS) is 10.7. The van der Waals surface area contributed by atoms with Crippen LogP contribution in [0.4, 0.5) is 5.00 Å². The summed E-state index contributed by atoms with van der Waals surface area (Å²) in [6.45, 7) is 1.67. The summed E-state index contributed by atoms with van der Waals surface area (Å²) in [5.74, 6) is 0.0832. The third-order valence-corrected chi connectivity index (χ3v) is 3.99. The SMILES string of the molecule is Cc1c(C(=O)N/N=C\c2ccc(Br)o2)sc(N)c1C#N. The van der Waals surface area contributed by atoms with E-state index in [9.17, 15) is 4.79 Å². The van der Waals surface area contributed by atoms with Gasteiger partial charge in [-0.1, -0.05) is 0 Å². The van der Waals surface area contributed by atoms with Gasteiger partial charge in [-0.05, 0) is 40.5 Å². The van der Waals surface area contributed by atoms with Crippen LogP contribution in [0.25, 0.3) is 0 Å². The maximum Gasteiger partial charge on any atom is 0.281 e. The minimum atomic E-state index is -0.414. The Balaban J connectivity index is 2.10. The second kappa shape index (κ2) is 5.90. The topological polar surface area (TPSA) is 104 Å². The van der Waals surface area contributed by atoms with Gasteiger partial charge in [0.05, 0.1) is 11.8 Å². The third-order valence-electron chi connectivity index (χ3n) is 2.44. The molecule has 0 saturated heterocycles. The van der Waals surface area contributed by atoms with Gasteiger partial charge in [0.25, 0.3) is 5.91 Å². The van der Waals surface area contributed by atoms with E-state index < -0.39 is 5.91 Å². The average molecular weight is 353 g/mol. The van der Waals surface area contributed by atoms with Gasteiger partial charge in [0.1, 0.15) is 21.7 Å². The van der Waals surface area contributed by atoms with Gasteiger partial charge in [0, 0.05) is 0 Å². The molecule has 0 aliphatic rings. The van der Waals surface area contributed by atoms with Crippen molar-refractivity contribution in [2.45, 2.75) is 6.92 Å². The van der Waals surface area contributed by atoms with Crippen LogP contribution < -0.4 is 11.2 Å². The molecule has 2 aromatic rings. The molecule has 2 aromatic heterocycles. The standard InChI is InChI=1S/C12H9BrN4O2S/c1-6-8(4-14)11(15)20-10(6)12(18)17-16-5-7-2-3-9(13)19-7/h2-3,5H,15H2,1H3,(H,17,18)/b16-5-. The fourth-order valence-corrected chi connectivity index (χ4v) is 2.73. The lowest BCUT2D eigenvalue weighted by atomic mass is 10.2. The van der Waals surface area contributed by atoms with Gasteiger partial charge in [-0.3, -0.25) is 4.79 Å². The lowest BCUT2D eigenvalue weighted by Gasteiger charge is -1.97. The Labute approximate surface area is 127 Å². The first-order chi connectivity index (χ1) is 9.52. The highest BCUT2D eigenvalue weighted by molar-refractivity contribution is 9.10. The van der Waals surface area contributed by atoms with E-state index >= 15 is 0 Å². The summed E-state index contributed by atoms with van der Waals surface area (Å²) in [6.07, 6.45) is 1.38. The lowest BCUT2D eigenvalue weighted by molar-refractivity contribution is 0.0958. The van der Waals surface area contributed by atoms with Crippen LogP contribution in [-0.2, 0) is 0 Å². The highest BCUT2D eigenvalue weighted by Crippen LogP contribution is 2.29. The fraction of sp³-hybridized carbons (Fsp3) is 0.0833. The van der Waals surface area contributed by atoms with Crippen LogP contribution >= 0.6 is 27.3 Å². The molecule has 0 spiro atoms. The van der Waals surface area contributed by atoms with Crippen LogP contribution in [0.2, 0.25) is 0 Å². The van der Waals surface area contributed by atoms with Crippen LogP contribution in [0.1, 0.15) is 26.6 Å². The molecule has 0 unspecified atom stereocenters. The molecular formula is C12H9BrN4O2S. The van der Waals surface area contributed by atoms with Gasteiger partial charge in [0.15, 0.2) is 4.67 Å². The van der Waals surface area contributed by atoms with E-state index in [-0.39, 0.29) is 0 Å². The van der Waals surface area contributed by atoms with Gasteiger partial charge < -0.3 is 10.2 Å². The van der Waals surface area contributed by atoms with Crippen molar-refractivity contribution < 1.29 is 9.21 Å². The second-order valence-electron chi connectivity index (χ2n) is 3.75. The third kappa shape index (κ3) is 2.89. The first-order valence-corrected chi connectivity index (χ1v) is 7.01. The number of hydrogen-bond acceptors (Lipinski definition) is 6. The van der Waals surface area contributed by atoms with E-state index in [0.29, 0.717) is 31.4 Å². The zero-order chi connectivity index (χ0) is 14.7. The number of hydrazone groups is 1. The van der Waals surface area contributed by atoms with E-state index in [1.807, 2.05) is 6.07 Å². The zero-order valence-electron chi connectivity index (χ0n) is 10.3. The van der Waals surface area contributed by atoms with Crippen molar-refractivity contribution in [2.75, 3.05) is 5.73 Å². The maximum atomic E-state index is 11.9. The predicted octanol–water partition coefficient (Wildman–Crippen LogP) is 2.63.